The maximum Gasteiger partial charge on any atom is 0.335 e. The highest BCUT2D eigenvalue weighted by Crippen LogP contribution is 2.44. The van der Waals surface area contributed by atoms with E-state index in [0.717, 1.165) is 31.2 Å². The fraction of sp³-hybridized carbons (Fsp3) is 0.185. The Kier molecular flexibility index (Phi) is 13.6. The van der Waals surface area contributed by atoms with Crippen molar-refractivity contribution in [1.82, 2.24) is 10.2 Å². The first kappa shape index (κ1) is 40.6. The quantitative estimate of drug-likeness (QED) is 0.0634. The summed E-state index contributed by atoms with van der Waals surface area (Å²) in [7, 11) is 0. The molecule has 7 aromatic rings. The second-order valence-electron chi connectivity index (χ2n) is 15.3. The fourth-order valence-corrected chi connectivity index (χ4v) is 8.84. The number of carboxylic acid groups (broad SMARTS) is 1. The third kappa shape index (κ3) is 9.60. The van der Waals surface area contributed by atoms with E-state index < -0.39 is 11.4 Å². The highest BCUT2D eigenvalue weighted by atomic mass is 16.4. The summed E-state index contributed by atoms with van der Waals surface area (Å²) in [5.74, 6) is -0.986. The van der Waals surface area contributed by atoms with Crippen LogP contribution in [0.25, 0.3) is 0 Å². The molecule has 2 N–H and O–H groups in total. The molecule has 0 aliphatic rings. The van der Waals surface area contributed by atoms with Crippen LogP contribution in [0.1, 0.15) is 75.0 Å². The lowest BCUT2D eigenvalue weighted by molar-refractivity contribution is -0.122. The molecule has 7 rings (SSSR count). The van der Waals surface area contributed by atoms with E-state index in [1.165, 1.54) is 33.4 Å². The topological polar surface area (TPSA) is 69.6 Å². The first-order valence-corrected chi connectivity index (χ1v) is 20.6. The van der Waals surface area contributed by atoms with Gasteiger partial charge in [0.25, 0.3) is 0 Å². The minimum atomic E-state index is -0.956. The molecule has 0 saturated heterocycles. The van der Waals surface area contributed by atoms with Crippen molar-refractivity contribution in [1.29, 1.82) is 0 Å². The van der Waals surface area contributed by atoms with Crippen LogP contribution in [0.3, 0.4) is 0 Å². The number of aromatic carboxylic acids is 1. The second-order valence-corrected chi connectivity index (χ2v) is 15.3. The number of carboxylic acids is 1. The Morgan fingerprint density at radius 3 is 1.14 bits per heavy atom. The average molecular weight is 777 g/mol. The Hall–Kier alpha value is -6.56. The molecule has 0 aromatic heterocycles. The van der Waals surface area contributed by atoms with Gasteiger partial charge in [0.15, 0.2) is 0 Å². The summed E-state index contributed by atoms with van der Waals surface area (Å²) < 4.78 is 0. The lowest BCUT2D eigenvalue weighted by atomic mass is 9.66. The summed E-state index contributed by atoms with van der Waals surface area (Å²) in [6.45, 7) is 1.94. The summed E-state index contributed by atoms with van der Waals surface area (Å²) in [6, 6.07) is 71.2. The first-order chi connectivity index (χ1) is 29.0. The molecule has 296 valence electrons. The highest BCUT2D eigenvalue weighted by molar-refractivity contribution is 5.87. The molecule has 7 aromatic carbocycles. The van der Waals surface area contributed by atoms with Crippen LogP contribution in [0.15, 0.2) is 206 Å². The molecular formula is C54H52N2O3. The summed E-state index contributed by atoms with van der Waals surface area (Å²) in [5.41, 5.74) is 7.77. The van der Waals surface area contributed by atoms with E-state index in [9.17, 15) is 14.7 Å². The lowest BCUT2D eigenvalue weighted by Crippen LogP contribution is -2.39. The van der Waals surface area contributed by atoms with Gasteiger partial charge in [-0.1, -0.05) is 194 Å². The maximum absolute atomic E-state index is 13.9. The summed E-state index contributed by atoms with van der Waals surface area (Å²) >= 11 is 0. The zero-order valence-corrected chi connectivity index (χ0v) is 33.5. The molecule has 0 unspecified atom stereocenters. The van der Waals surface area contributed by atoms with E-state index in [-0.39, 0.29) is 23.4 Å². The van der Waals surface area contributed by atoms with E-state index >= 15 is 0 Å². The Morgan fingerprint density at radius 2 is 0.797 bits per heavy atom. The Balaban J connectivity index is 1.10. The van der Waals surface area contributed by atoms with Gasteiger partial charge in [0.2, 0.25) is 5.91 Å². The zero-order valence-electron chi connectivity index (χ0n) is 33.5. The second kappa shape index (κ2) is 19.7. The number of carbonyl (C=O) groups excluding carboxylic acids is 1. The molecular weight excluding hydrogens is 725 g/mol. The van der Waals surface area contributed by atoms with Crippen LogP contribution < -0.4 is 5.32 Å². The molecule has 0 spiro atoms. The minimum Gasteiger partial charge on any atom is -0.478 e. The predicted octanol–water partition coefficient (Wildman–Crippen LogP) is 10.9. The van der Waals surface area contributed by atoms with Crippen LogP contribution in [-0.2, 0) is 22.2 Å². The van der Waals surface area contributed by atoms with Crippen molar-refractivity contribution in [2.75, 3.05) is 19.6 Å². The van der Waals surface area contributed by atoms with Crippen molar-refractivity contribution in [3.63, 3.8) is 0 Å². The van der Waals surface area contributed by atoms with Crippen molar-refractivity contribution in [3.8, 4) is 0 Å². The standard InChI is InChI=1S/C54H52N2O3/c57-51(55-39-19-37-53(45-21-7-1-8-22-45,46-23-9-2-10-24-46)47-25-11-3-12-26-47)42-56(41-43-33-35-44(36-34-43)52(58)59)40-20-38-54(48-27-13-4-14-28-48,49-29-15-5-16-30-49)50-31-17-6-18-32-50/h1-18,21-36H,19-20,37-42H2,(H,55,57)(H,58,59). The summed E-state index contributed by atoms with van der Waals surface area (Å²) in [4.78, 5) is 27.7. The van der Waals surface area contributed by atoms with Crippen LogP contribution in [0, 0.1) is 0 Å². The number of amides is 1. The van der Waals surface area contributed by atoms with E-state index in [1.54, 1.807) is 12.1 Å². The number of hydrogen-bond acceptors (Lipinski definition) is 3. The van der Waals surface area contributed by atoms with Gasteiger partial charge < -0.3 is 10.4 Å². The molecule has 0 aliphatic carbocycles. The van der Waals surface area contributed by atoms with Crippen LogP contribution in [0.4, 0.5) is 0 Å². The SMILES string of the molecule is O=C(CN(CCCC(c1ccccc1)(c1ccccc1)c1ccccc1)Cc1ccc(C(=O)O)cc1)NCCCC(c1ccccc1)(c1ccccc1)c1ccccc1. The molecule has 5 heteroatoms. The number of hydrogen-bond donors (Lipinski definition) is 2. The molecule has 0 atom stereocenters. The highest BCUT2D eigenvalue weighted by Gasteiger charge is 2.37. The van der Waals surface area contributed by atoms with Gasteiger partial charge in [-0.3, -0.25) is 9.69 Å². The van der Waals surface area contributed by atoms with Crippen molar-refractivity contribution in [2.45, 2.75) is 43.1 Å². The van der Waals surface area contributed by atoms with Gasteiger partial charge in [-0.25, -0.2) is 4.79 Å². The van der Waals surface area contributed by atoms with Gasteiger partial charge in [-0.05, 0) is 83.3 Å². The first-order valence-electron chi connectivity index (χ1n) is 20.6. The molecule has 0 heterocycles. The van der Waals surface area contributed by atoms with Crippen molar-refractivity contribution < 1.29 is 14.7 Å². The summed E-state index contributed by atoms with van der Waals surface area (Å²) in [5, 5.41) is 12.8. The fourth-order valence-electron chi connectivity index (χ4n) is 8.84. The van der Waals surface area contributed by atoms with Gasteiger partial charge in [-0.2, -0.15) is 0 Å². The smallest absolute Gasteiger partial charge is 0.335 e. The Labute approximate surface area is 349 Å². The van der Waals surface area contributed by atoms with Crippen molar-refractivity contribution >= 4 is 11.9 Å². The van der Waals surface area contributed by atoms with Gasteiger partial charge >= 0.3 is 5.97 Å². The molecule has 0 fully saturated rings. The van der Waals surface area contributed by atoms with Gasteiger partial charge in [0, 0.05) is 23.9 Å². The van der Waals surface area contributed by atoms with E-state index in [1.807, 2.05) is 12.1 Å². The predicted molar refractivity (Wildman–Crippen MR) is 239 cm³/mol. The van der Waals surface area contributed by atoms with Gasteiger partial charge in [0.05, 0.1) is 12.1 Å². The largest absolute Gasteiger partial charge is 0.478 e. The monoisotopic (exact) mass is 776 g/mol. The van der Waals surface area contributed by atoms with Crippen molar-refractivity contribution in [2.24, 2.45) is 0 Å². The zero-order chi connectivity index (χ0) is 40.8. The van der Waals surface area contributed by atoms with Crippen LogP contribution in [0.5, 0.6) is 0 Å². The Bertz CT molecular complexity index is 2140. The third-order valence-electron chi connectivity index (χ3n) is 11.7. The normalized spacial score (nSPS) is 11.6. The minimum absolute atomic E-state index is 0.0302. The Morgan fingerprint density at radius 1 is 0.458 bits per heavy atom. The molecule has 1 amide bonds. The number of benzene rings is 7. The van der Waals surface area contributed by atoms with E-state index in [4.69, 9.17) is 0 Å². The van der Waals surface area contributed by atoms with Crippen molar-refractivity contribution in [3.05, 3.63) is 251 Å². The van der Waals surface area contributed by atoms with Gasteiger partial charge in [-0.15, -0.1) is 0 Å². The molecule has 5 nitrogen and oxygen atoms in total. The lowest BCUT2D eigenvalue weighted by Gasteiger charge is -2.37. The molecule has 59 heavy (non-hydrogen) atoms. The van der Waals surface area contributed by atoms with Gasteiger partial charge in [0.1, 0.15) is 0 Å². The van der Waals surface area contributed by atoms with Crippen LogP contribution in [-0.4, -0.2) is 41.5 Å². The number of carbonyl (C=O) groups is 2. The number of nitrogens with one attached hydrogen (secondary N) is 1. The number of rotatable bonds is 19. The van der Waals surface area contributed by atoms with E-state index in [2.05, 4.69) is 192 Å². The maximum atomic E-state index is 13.9. The third-order valence-corrected chi connectivity index (χ3v) is 11.7. The molecule has 0 saturated carbocycles. The molecule has 0 bridgehead atoms. The number of nitrogens with zero attached hydrogens (tertiary/aromatic N) is 1. The van der Waals surface area contributed by atoms with Crippen LogP contribution in [0.2, 0.25) is 0 Å². The molecule has 0 aliphatic heterocycles. The van der Waals surface area contributed by atoms with Crippen LogP contribution >= 0.6 is 0 Å². The average Bonchev–Trinajstić information content (AvgIpc) is 3.30. The van der Waals surface area contributed by atoms with E-state index in [0.29, 0.717) is 19.6 Å². The summed E-state index contributed by atoms with van der Waals surface area (Å²) in [6.07, 6.45) is 3.22. The molecule has 0 radical (unpaired) electrons.